The van der Waals surface area contributed by atoms with Gasteiger partial charge < -0.3 is 20.8 Å². The van der Waals surface area contributed by atoms with Crippen LogP contribution in [0.5, 0.6) is 0 Å². The van der Waals surface area contributed by atoms with Gasteiger partial charge in [0.15, 0.2) is 5.72 Å². The molecule has 4 rings (SSSR count). The second-order valence-corrected chi connectivity index (χ2v) is 6.27. The van der Waals surface area contributed by atoms with Gasteiger partial charge in [0.25, 0.3) is 0 Å². The lowest BCUT2D eigenvalue weighted by atomic mass is 9.83. The Morgan fingerprint density at radius 2 is 2.05 bits per heavy atom. The molecule has 5 atom stereocenters. The predicted octanol–water partition coefficient (Wildman–Crippen LogP) is -2.07. The monoisotopic (exact) mass is 291 g/mol. The molecule has 4 aliphatic rings. The number of aliphatic hydroxyl groups is 2. The number of carbonyl (C=O) groups excluding carboxylic acids is 2. The smallest absolute Gasteiger partial charge is 0.207 e. The Bertz CT molecular complexity index is 641. The van der Waals surface area contributed by atoms with Crippen LogP contribution < -0.4 is 5.73 Å². The van der Waals surface area contributed by atoms with Crippen molar-refractivity contribution in [1.29, 1.82) is 0 Å². The molecule has 21 heavy (non-hydrogen) atoms. The molecule has 0 saturated carbocycles. The van der Waals surface area contributed by atoms with E-state index in [2.05, 4.69) is 0 Å². The fraction of sp³-hybridized carbons (Fsp3) is 0.571. The van der Waals surface area contributed by atoms with Crippen LogP contribution in [0, 0.1) is 5.92 Å². The average Bonchev–Trinajstić information content (AvgIpc) is 2.86. The molecular weight excluding hydrogens is 274 g/mol. The third-order valence-electron chi connectivity index (χ3n) is 5.49. The quantitative estimate of drug-likeness (QED) is 0.376. The molecule has 0 bridgehead atoms. The van der Waals surface area contributed by atoms with E-state index in [0.717, 1.165) is 0 Å². The summed E-state index contributed by atoms with van der Waals surface area (Å²) in [5.41, 5.74) is 4.88. The molecule has 0 aromatic carbocycles. The maximum Gasteiger partial charge on any atom is 0.207 e. The van der Waals surface area contributed by atoms with Crippen LogP contribution in [-0.2, 0) is 9.59 Å². The normalized spacial score (nSPS) is 44.3. The van der Waals surface area contributed by atoms with E-state index in [0.29, 0.717) is 6.54 Å². The van der Waals surface area contributed by atoms with E-state index in [-0.39, 0.29) is 40.4 Å². The van der Waals surface area contributed by atoms with Gasteiger partial charge in [-0.3, -0.25) is 14.5 Å². The van der Waals surface area contributed by atoms with Crippen molar-refractivity contribution < 1.29 is 19.8 Å². The number of allylic oxidation sites excluding steroid dienone is 2. The molecule has 1 unspecified atom stereocenters. The molecular formula is C14H17N3O4. The van der Waals surface area contributed by atoms with Gasteiger partial charge in [-0.1, -0.05) is 0 Å². The SMILES string of the molecule is CC1=C(N)C(=O)C2=C(C1=O)N1C[C@H]3[C@H](N3C)[C@]1(O)[C@H]2CO. The van der Waals surface area contributed by atoms with E-state index in [1.54, 1.807) is 4.90 Å². The molecule has 2 saturated heterocycles. The molecule has 4 N–H and O–H groups in total. The van der Waals surface area contributed by atoms with E-state index in [9.17, 15) is 19.8 Å². The molecule has 2 fully saturated rings. The summed E-state index contributed by atoms with van der Waals surface area (Å²) >= 11 is 0. The van der Waals surface area contributed by atoms with Crippen LogP contribution >= 0.6 is 0 Å². The summed E-state index contributed by atoms with van der Waals surface area (Å²) in [5, 5.41) is 20.9. The third kappa shape index (κ3) is 1.18. The Balaban J connectivity index is 1.89. The van der Waals surface area contributed by atoms with Crippen molar-refractivity contribution in [1.82, 2.24) is 9.80 Å². The standard InChI is InChI=1S/C14H17N3O4/c1-5-9(15)12(20)8-6(4-18)14(21)13-7(16(13)2)3-17(14)10(8)11(5)19/h6-7,13,18,21H,3-4,15H2,1-2H3/t6-,7-,13-,14+,16?/m0/s1. The highest BCUT2D eigenvalue weighted by atomic mass is 16.3. The zero-order valence-electron chi connectivity index (χ0n) is 11.8. The number of nitrogens with zero attached hydrogens (tertiary/aromatic N) is 2. The fourth-order valence-electron chi connectivity index (χ4n) is 4.25. The lowest BCUT2D eigenvalue weighted by molar-refractivity contribution is -0.126. The molecule has 0 amide bonds. The van der Waals surface area contributed by atoms with Crippen molar-refractivity contribution in [3.63, 3.8) is 0 Å². The number of hydrogen-bond acceptors (Lipinski definition) is 7. The van der Waals surface area contributed by atoms with Gasteiger partial charge in [-0.25, -0.2) is 0 Å². The van der Waals surface area contributed by atoms with Gasteiger partial charge in [-0.05, 0) is 14.0 Å². The highest BCUT2D eigenvalue weighted by molar-refractivity contribution is 6.25. The molecule has 3 aliphatic heterocycles. The summed E-state index contributed by atoms with van der Waals surface area (Å²) in [6.07, 6.45) is 0. The first-order valence-electron chi connectivity index (χ1n) is 6.98. The molecule has 1 aliphatic carbocycles. The molecule has 7 nitrogen and oxygen atoms in total. The molecule has 112 valence electrons. The maximum absolute atomic E-state index is 12.5. The van der Waals surface area contributed by atoms with Crippen molar-refractivity contribution in [2.75, 3.05) is 20.2 Å². The van der Waals surface area contributed by atoms with Crippen molar-refractivity contribution in [2.24, 2.45) is 11.7 Å². The first-order valence-corrected chi connectivity index (χ1v) is 6.98. The van der Waals surface area contributed by atoms with Gasteiger partial charge in [0.2, 0.25) is 11.6 Å². The van der Waals surface area contributed by atoms with Crippen LogP contribution in [0.3, 0.4) is 0 Å². The van der Waals surface area contributed by atoms with Crippen LogP contribution in [0.15, 0.2) is 22.5 Å². The molecule has 0 aromatic rings. The Kier molecular flexibility index (Phi) is 2.19. The largest absolute Gasteiger partial charge is 0.396 e. The van der Waals surface area contributed by atoms with Gasteiger partial charge in [0.05, 0.1) is 30.0 Å². The van der Waals surface area contributed by atoms with E-state index in [1.165, 1.54) is 6.92 Å². The van der Waals surface area contributed by atoms with E-state index in [1.807, 2.05) is 11.9 Å². The molecule has 7 heteroatoms. The molecule has 0 radical (unpaired) electrons. The number of piperazine rings is 1. The number of rotatable bonds is 1. The average molecular weight is 291 g/mol. The topological polar surface area (TPSA) is 107 Å². The second kappa shape index (κ2) is 3.55. The van der Waals surface area contributed by atoms with Crippen molar-refractivity contribution >= 4 is 11.6 Å². The Morgan fingerprint density at radius 3 is 2.67 bits per heavy atom. The fourth-order valence-corrected chi connectivity index (χ4v) is 4.25. The van der Waals surface area contributed by atoms with E-state index in [4.69, 9.17) is 5.73 Å². The first kappa shape index (κ1) is 13.0. The number of Topliss-reactive ketones (excluding diaryl/α,β-unsaturated/α-hetero) is 2. The zero-order valence-corrected chi connectivity index (χ0v) is 11.8. The van der Waals surface area contributed by atoms with Crippen molar-refractivity contribution in [3.8, 4) is 0 Å². The Labute approximate surface area is 121 Å². The number of hydrogen-bond donors (Lipinski definition) is 3. The highest BCUT2D eigenvalue weighted by Gasteiger charge is 2.73. The molecule has 0 aromatic heterocycles. The number of likely N-dealkylation sites (N-methyl/N-ethyl adjacent to an activating group) is 1. The van der Waals surface area contributed by atoms with Gasteiger partial charge in [-0.2, -0.15) is 0 Å². The first-order chi connectivity index (χ1) is 9.85. The van der Waals surface area contributed by atoms with Crippen molar-refractivity contribution in [3.05, 3.63) is 22.5 Å². The second-order valence-electron chi connectivity index (χ2n) is 6.27. The van der Waals surface area contributed by atoms with Crippen LogP contribution in [0.25, 0.3) is 0 Å². The predicted molar refractivity (Wildman–Crippen MR) is 71.5 cm³/mol. The number of nitrogens with two attached hydrogens (primary N) is 1. The van der Waals surface area contributed by atoms with E-state index >= 15 is 0 Å². The lowest BCUT2D eigenvalue weighted by Crippen LogP contribution is -2.53. The van der Waals surface area contributed by atoms with Crippen LogP contribution in [0.4, 0.5) is 0 Å². The summed E-state index contributed by atoms with van der Waals surface area (Å²) in [6.45, 7) is 1.61. The summed E-state index contributed by atoms with van der Waals surface area (Å²) < 4.78 is 0. The van der Waals surface area contributed by atoms with Gasteiger partial charge in [0.1, 0.15) is 0 Å². The van der Waals surface area contributed by atoms with Gasteiger partial charge in [-0.15, -0.1) is 0 Å². The van der Waals surface area contributed by atoms with Crippen molar-refractivity contribution in [2.45, 2.75) is 24.7 Å². The summed E-state index contributed by atoms with van der Waals surface area (Å²) in [7, 11) is 1.89. The molecule has 0 spiro atoms. The lowest BCUT2D eigenvalue weighted by Gasteiger charge is -2.37. The summed E-state index contributed by atoms with van der Waals surface area (Å²) in [5.74, 6) is -1.56. The zero-order chi connectivity index (χ0) is 15.3. The summed E-state index contributed by atoms with van der Waals surface area (Å²) in [6, 6.07) is -0.00746. The van der Waals surface area contributed by atoms with Crippen LogP contribution in [0.1, 0.15) is 6.92 Å². The number of ketones is 2. The minimum absolute atomic E-state index is 0.0809. The summed E-state index contributed by atoms with van der Waals surface area (Å²) in [4.78, 5) is 28.6. The number of aliphatic hydroxyl groups excluding tert-OH is 1. The Hall–Kier alpha value is -1.70. The van der Waals surface area contributed by atoms with E-state index < -0.39 is 24.0 Å². The minimum Gasteiger partial charge on any atom is -0.396 e. The molecule has 3 heterocycles. The minimum atomic E-state index is -1.39. The van der Waals surface area contributed by atoms with Crippen LogP contribution in [0.2, 0.25) is 0 Å². The Morgan fingerprint density at radius 1 is 1.38 bits per heavy atom. The maximum atomic E-state index is 12.5. The van der Waals surface area contributed by atoms with Gasteiger partial charge in [0, 0.05) is 23.7 Å². The van der Waals surface area contributed by atoms with Crippen LogP contribution in [-0.4, -0.2) is 69.6 Å². The third-order valence-corrected chi connectivity index (χ3v) is 5.49. The number of fused-ring (bicyclic) bond motifs is 4. The highest BCUT2D eigenvalue weighted by Crippen LogP contribution is 2.57. The number of carbonyl (C=O) groups is 2. The van der Waals surface area contributed by atoms with Gasteiger partial charge >= 0.3 is 0 Å².